The Bertz CT molecular complexity index is 359. The second-order valence-corrected chi connectivity index (χ2v) is 4.30. The third-order valence-corrected chi connectivity index (χ3v) is 3.04. The number of nitrogens with zero attached hydrogens (tertiary/aromatic N) is 2. The zero-order valence-electron chi connectivity index (χ0n) is 9.94. The quantitative estimate of drug-likeness (QED) is 0.818. The highest BCUT2D eigenvalue weighted by atomic mass is 16.5. The number of methoxy groups -OCH3 is 1. The van der Waals surface area contributed by atoms with Gasteiger partial charge in [-0.3, -0.25) is 0 Å². The van der Waals surface area contributed by atoms with E-state index in [1.807, 2.05) is 19.1 Å². The van der Waals surface area contributed by atoms with Gasteiger partial charge in [0.1, 0.15) is 0 Å². The molecule has 4 heteroatoms. The van der Waals surface area contributed by atoms with Crippen LogP contribution in [0, 0.1) is 6.92 Å². The lowest BCUT2D eigenvalue weighted by atomic mass is 10.1. The van der Waals surface area contributed by atoms with Crippen molar-refractivity contribution >= 4 is 5.82 Å². The predicted octanol–water partition coefficient (Wildman–Crippen LogP) is 1.33. The molecular formula is C12H19N3O. The molecule has 2 heterocycles. The molecule has 88 valence electrons. The first-order chi connectivity index (χ1) is 7.70. The normalized spacial score (nSPS) is 17.6. The van der Waals surface area contributed by atoms with Crippen LogP contribution < -0.4 is 15.4 Å². The third kappa shape index (κ3) is 2.27. The minimum Gasteiger partial charge on any atom is -0.493 e. The number of aryl methyl sites for hydroxylation is 1. The summed E-state index contributed by atoms with van der Waals surface area (Å²) < 4.78 is 5.34. The molecule has 4 nitrogen and oxygen atoms in total. The van der Waals surface area contributed by atoms with Gasteiger partial charge in [-0.1, -0.05) is 0 Å². The van der Waals surface area contributed by atoms with Crippen LogP contribution >= 0.6 is 0 Å². The molecule has 0 unspecified atom stereocenters. The van der Waals surface area contributed by atoms with Crippen LogP contribution in [0.1, 0.15) is 18.5 Å². The number of hydrogen-bond donors (Lipinski definition) is 1. The van der Waals surface area contributed by atoms with Crippen LogP contribution in [0.15, 0.2) is 12.1 Å². The molecule has 2 N–H and O–H groups in total. The number of ether oxygens (including phenoxy) is 1. The molecular weight excluding hydrogens is 202 g/mol. The monoisotopic (exact) mass is 221 g/mol. The molecule has 0 aromatic carbocycles. The minimum absolute atomic E-state index is 0.340. The fourth-order valence-electron chi connectivity index (χ4n) is 2.03. The van der Waals surface area contributed by atoms with E-state index in [1.165, 1.54) is 0 Å². The van der Waals surface area contributed by atoms with E-state index in [-0.39, 0.29) is 0 Å². The average Bonchev–Trinajstić information content (AvgIpc) is 2.30. The summed E-state index contributed by atoms with van der Waals surface area (Å²) >= 11 is 0. The third-order valence-electron chi connectivity index (χ3n) is 3.04. The molecule has 0 radical (unpaired) electrons. The first-order valence-electron chi connectivity index (χ1n) is 5.73. The van der Waals surface area contributed by atoms with Crippen LogP contribution in [-0.2, 0) is 0 Å². The van der Waals surface area contributed by atoms with Gasteiger partial charge in [-0.15, -0.1) is 0 Å². The molecule has 1 aromatic heterocycles. The summed E-state index contributed by atoms with van der Waals surface area (Å²) in [6.45, 7) is 3.93. The van der Waals surface area contributed by atoms with Crippen molar-refractivity contribution in [1.29, 1.82) is 0 Å². The molecule has 0 saturated carbocycles. The molecule has 0 bridgehead atoms. The van der Waals surface area contributed by atoms with Gasteiger partial charge in [-0.05, 0) is 31.9 Å². The van der Waals surface area contributed by atoms with Crippen molar-refractivity contribution in [3.05, 3.63) is 17.8 Å². The molecule has 1 fully saturated rings. The lowest BCUT2D eigenvalue weighted by molar-refractivity contribution is 0.408. The Labute approximate surface area is 96.4 Å². The predicted molar refractivity (Wildman–Crippen MR) is 64.9 cm³/mol. The van der Waals surface area contributed by atoms with E-state index in [0.717, 1.165) is 43.2 Å². The van der Waals surface area contributed by atoms with Crippen LogP contribution in [0.4, 0.5) is 5.82 Å². The Morgan fingerprint density at radius 3 is 2.69 bits per heavy atom. The van der Waals surface area contributed by atoms with Crippen molar-refractivity contribution < 1.29 is 4.74 Å². The minimum atomic E-state index is 0.340. The maximum absolute atomic E-state index is 5.90. The highest BCUT2D eigenvalue weighted by Gasteiger charge is 2.20. The lowest BCUT2D eigenvalue weighted by Crippen LogP contribution is -2.40. The lowest BCUT2D eigenvalue weighted by Gasteiger charge is -2.32. The molecule has 0 atom stereocenters. The number of piperidine rings is 1. The number of pyridine rings is 1. The van der Waals surface area contributed by atoms with Gasteiger partial charge in [0, 0.05) is 24.8 Å². The maximum Gasteiger partial charge on any atom is 0.171 e. The summed E-state index contributed by atoms with van der Waals surface area (Å²) in [7, 11) is 1.69. The van der Waals surface area contributed by atoms with E-state index in [2.05, 4.69) is 9.88 Å². The van der Waals surface area contributed by atoms with E-state index in [1.54, 1.807) is 7.11 Å². The molecule has 1 aromatic rings. The van der Waals surface area contributed by atoms with E-state index in [0.29, 0.717) is 6.04 Å². The van der Waals surface area contributed by atoms with Crippen LogP contribution in [-0.4, -0.2) is 31.2 Å². The van der Waals surface area contributed by atoms with Crippen LogP contribution in [0.25, 0.3) is 0 Å². The van der Waals surface area contributed by atoms with Crippen molar-refractivity contribution in [3.63, 3.8) is 0 Å². The molecule has 1 aliphatic heterocycles. The number of anilines is 1. The van der Waals surface area contributed by atoms with Crippen LogP contribution in [0.3, 0.4) is 0 Å². The van der Waals surface area contributed by atoms with Gasteiger partial charge in [0.15, 0.2) is 11.6 Å². The topological polar surface area (TPSA) is 51.4 Å². The van der Waals surface area contributed by atoms with Crippen molar-refractivity contribution in [2.75, 3.05) is 25.1 Å². The van der Waals surface area contributed by atoms with Gasteiger partial charge < -0.3 is 15.4 Å². The van der Waals surface area contributed by atoms with Crippen LogP contribution in [0.2, 0.25) is 0 Å². The second-order valence-electron chi connectivity index (χ2n) is 4.30. The van der Waals surface area contributed by atoms with E-state index in [9.17, 15) is 0 Å². The highest BCUT2D eigenvalue weighted by Crippen LogP contribution is 2.28. The standard InChI is InChI=1S/C12H19N3O/c1-9-3-4-11(16-2)12(14-9)15-7-5-10(13)6-8-15/h3-4,10H,5-8,13H2,1-2H3. The summed E-state index contributed by atoms with van der Waals surface area (Å²) in [6, 6.07) is 4.29. The zero-order chi connectivity index (χ0) is 11.5. The number of rotatable bonds is 2. The van der Waals surface area contributed by atoms with Gasteiger partial charge in [0.05, 0.1) is 7.11 Å². The van der Waals surface area contributed by atoms with E-state index in [4.69, 9.17) is 10.5 Å². The largest absolute Gasteiger partial charge is 0.493 e. The van der Waals surface area contributed by atoms with E-state index < -0.39 is 0 Å². The Kier molecular flexibility index (Phi) is 3.29. The van der Waals surface area contributed by atoms with Gasteiger partial charge in [-0.2, -0.15) is 0 Å². The Morgan fingerprint density at radius 1 is 1.38 bits per heavy atom. The number of aromatic nitrogens is 1. The smallest absolute Gasteiger partial charge is 0.171 e. The fourth-order valence-corrected chi connectivity index (χ4v) is 2.03. The van der Waals surface area contributed by atoms with Gasteiger partial charge >= 0.3 is 0 Å². The molecule has 0 spiro atoms. The average molecular weight is 221 g/mol. The Hall–Kier alpha value is -1.29. The molecule has 16 heavy (non-hydrogen) atoms. The SMILES string of the molecule is COc1ccc(C)nc1N1CCC(N)CC1. The van der Waals surface area contributed by atoms with Gasteiger partial charge in [0.2, 0.25) is 0 Å². The molecule has 1 saturated heterocycles. The molecule has 0 aliphatic carbocycles. The summed E-state index contributed by atoms with van der Waals surface area (Å²) in [5.74, 6) is 1.80. The molecule has 2 rings (SSSR count). The molecule has 1 aliphatic rings. The second kappa shape index (κ2) is 4.70. The van der Waals surface area contributed by atoms with Crippen molar-refractivity contribution in [1.82, 2.24) is 4.98 Å². The van der Waals surface area contributed by atoms with Crippen molar-refractivity contribution in [3.8, 4) is 5.75 Å². The first kappa shape index (κ1) is 11.2. The van der Waals surface area contributed by atoms with Crippen LogP contribution in [0.5, 0.6) is 5.75 Å². The van der Waals surface area contributed by atoms with Gasteiger partial charge in [0.25, 0.3) is 0 Å². The first-order valence-corrected chi connectivity index (χ1v) is 5.73. The van der Waals surface area contributed by atoms with E-state index >= 15 is 0 Å². The zero-order valence-corrected chi connectivity index (χ0v) is 9.94. The maximum atomic E-state index is 5.90. The molecule has 0 amide bonds. The van der Waals surface area contributed by atoms with Crippen molar-refractivity contribution in [2.24, 2.45) is 5.73 Å². The summed E-state index contributed by atoms with van der Waals surface area (Å²) in [5.41, 5.74) is 6.92. The summed E-state index contributed by atoms with van der Waals surface area (Å²) in [6.07, 6.45) is 2.05. The summed E-state index contributed by atoms with van der Waals surface area (Å²) in [5, 5.41) is 0. The van der Waals surface area contributed by atoms with Gasteiger partial charge in [-0.25, -0.2) is 4.98 Å². The number of hydrogen-bond acceptors (Lipinski definition) is 4. The van der Waals surface area contributed by atoms with Crippen molar-refractivity contribution in [2.45, 2.75) is 25.8 Å². The highest BCUT2D eigenvalue weighted by molar-refractivity contribution is 5.53. The summed E-state index contributed by atoms with van der Waals surface area (Å²) in [4.78, 5) is 6.81. The number of nitrogens with two attached hydrogens (primary N) is 1. The fraction of sp³-hybridized carbons (Fsp3) is 0.583. The Balaban J connectivity index is 2.21. The Morgan fingerprint density at radius 2 is 2.06 bits per heavy atom.